The molecule has 0 radical (unpaired) electrons. The minimum Gasteiger partial charge on any atom is -0.350 e. The average Bonchev–Trinajstić information content (AvgIpc) is 3.02. The van der Waals surface area contributed by atoms with E-state index < -0.39 is 57.4 Å². The zero-order chi connectivity index (χ0) is 36.1. The van der Waals surface area contributed by atoms with E-state index in [1.807, 2.05) is 0 Å². The molecule has 2 amide bonds. The molecule has 1 atom stereocenters. The second-order valence-corrected chi connectivity index (χ2v) is 15.2. The molecule has 4 aromatic carbocycles. The number of aryl methyl sites for hydroxylation is 1. The maximum atomic E-state index is 14.6. The molecule has 0 aromatic heterocycles. The summed E-state index contributed by atoms with van der Waals surface area (Å²) in [6.07, 6.45) is -4.77. The Hall–Kier alpha value is -4.06. The average molecular weight is 735 g/mol. The van der Waals surface area contributed by atoms with Crippen molar-refractivity contribution in [1.29, 1.82) is 0 Å². The highest BCUT2D eigenvalue weighted by atomic mass is 35.5. The van der Waals surface area contributed by atoms with Crippen molar-refractivity contribution in [2.24, 2.45) is 0 Å². The summed E-state index contributed by atoms with van der Waals surface area (Å²) in [5.41, 5.74) is -0.473. The van der Waals surface area contributed by atoms with Gasteiger partial charge in [0, 0.05) is 34.1 Å². The van der Waals surface area contributed by atoms with Gasteiger partial charge >= 0.3 is 6.18 Å². The minimum absolute atomic E-state index is 0.0187. The zero-order valence-corrected chi connectivity index (χ0v) is 29.6. The fraction of sp³-hybridized carbons (Fsp3) is 0.278. The van der Waals surface area contributed by atoms with Crippen molar-refractivity contribution < 1.29 is 31.2 Å². The molecule has 0 fully saturated rings. The van der Waals surface area contributed by atoms with Crippen LogP contribution in [0, 0.1) is 6.92 Å². The quantitative estimate of drug-likeness (QED) is 0.169. The van der Waals surface area contributed by atoms with Crippen molar-refractivity contribution in [3.8, 4) is 0 Å². The van der Waals surface area contributed by atoms with Gasteiger partial charge in [-0.2, -0.15) is 13.2 Å². The monoisotopic (exact) mass is 733 g/mol. The fourth-order valence-corrected chi connectivity index (χ4v) is 6.99. The van der Waals surface area contributed by atoms with Gasteiger partial charge in [-0.05, 0) is 75.7 Å². The van der Waals surface area contributed by atoms with Crippen LogP contribution in [0.2, 0.25) is 10.0 Å². The summed E-state index contributed by atoms with van der Waals surface area (Å²) in [6, 6.07) is 21.8. The normalized spacial score (nSPS) is 12.7. The Kier molecular flexibility index (Phi) is 11.7. The Morgan fingerprint density at radius 3 is 2.00 bits per heavy atom. The summed E-state index contributed by atoms with van der Waals surface area (Å²) in [5.74, 6) is -1.42. The van der Waals surface area contributed by atoms with Gasteiger partial charge in [-0.3, -0.25) is 13.9 Å². The lowest BCUT2D eigenvalue weighted by atomic mass is 10.0. The van der Waals surface area contributed by atoms with Gasteiger partial charge in [-0.1, -0.05) is 83.4 Å². The molecule has 1 N–H and O–H groups in total. The molecule has 0 aliphatic carbocycles. The van der Waals surface area contributed by atoms with Crippen molar-refractivity contribution in [3.63, 3.8) is 0 Å². The lowest BCUT2D eigenvalue weighted by Gasteiger charge is -2.35. The van der Waals surface area contributed by atoms with E-state index in [1.54, 1.807) is 76.2 Å². The highest BCUT2D eigenvalue weighted by Gasteiger charge is 2.37. The SMILES string of the molecule is Cc1ccc(S(=O)(=O)N(CC(=O)N(Cc2c(Cl)cccc2Cl)[C@H](Cc2ccccc2)C(=O)NC(C)(C)C)c2cccc(C(F)(F)F)c2)cc1. The predicted molar refractivity (Wildman–Crippen MR) is 186 cm³/mol. The first kappa shape index (κ1) is 37.8. The van der Waals surface area contributed by atoms with Crippen molar-refractivity contribution in [2.45, 2.75) is 63.3 Å². The van der Waals surface area contributed by atoms with Crippen LogP contribution in [-0.2, 0) is 38.8 Å². The Labute approximate surface area is 294 Å². The molecular weight excluding hydrogens is 698 g/mol. The van der Waals surface area contributed by atoms with Gasteiger partial charge in [-0.25, -0.2) is 8.42 Å². The van der Waals surface area contributed by atoms with Gasteiger partial charge in [0.1, 0.15) is 12.6 Å². The number of amides is 2. The van der Waals surface area contributed by atoms with Gasteiger partial charge in [0.2, 0.25) is 11.8 Å². The number of carbonyl (C=O) groups is 2. The van der Waals surface area contributed by atoms with Crippen LogP contribution >= 0.6 is 23.2 Å². The van der Waals surface area contributed by atoms with E-state index in [9.17, 15) is 31.2 Å². The van der Waals surface area contributed by atoms with E-state index in [4.69, 9.17) is 23.2 Å². The summed E-state index contributed by atoms with van der Waals surface area (Å²) >= 11 is 13.0. The Balaban J connectivity index is 1.89. The van der Waals surface area contributed by atoms with E-state index in [0.29, 0.717) is 21.5 Å². The van der Waals surface area contributed by atoms with Crippen molar-refractivity contribution in [2.75, 3.05) is 10.8 Å². The zero-order valence-electron chi connectivity index (χ0n) is 27.3. The van der Waals surface area contributed by atoms with Gasteiger partial charge in [0.15, 0.2) is 0 Å². The summed E-state index contributed by atoms with van der Waals surface area (Å²) in [5, 5.41) is 3.30. The van der Waals surface area contributed by atoms with E-state index in [-0.39, 0.29) is 27.9 Å². The van der Waals surface area contributed by atoms with E-state index in [0.717, 1.165) is 17.7 Å². The second-order valence-electron chi connectivity index (χ2n) is 12.5. The number of nitrogens with zero attached hydrogens (tertiary/aromatic N) is 2. The van der Waals surface area contributed by atoms with E-state index in [2.05, 4.69) is 5.32 Å². The summed E-state index contributed by atoms with van der Waals surface area (Å²) in [4.78, 5) is 29.5. The van der Waals surface area contributed by atoms with Crippen LogP contribution in [0.3, 0.4) is 0 Å². The van der Waals surface area contributed by atoms with Crippen molar-refractivity contribution in [1.82, 2.24) is 10.2 Å². The first-order valence-electron chi connectivity index (χ1n) is 15.2. The highest BCUT2D eigenvalue weighted by molar-refractivity contribution is 7.92. The van der Waals surface area contributed by atoms with E-state index in [1.165, 1.54) is 35.2 Å². The number of hydrogen-bond acceptors (Lipinski definition) is 4. The van der Waals surface area contributed by atoms with Crippen LogP contribution in [-0.4, -0.2) is 43.3 Å². The number of carbonyl (C=O) groups excluding carboxylic acids is 2. The van der Waals surface area contributed by atoms with Crippen LogP contribution in [0.5, 0.6) is 0 Å². The topological polar surface area (TPSA) is 86.8 Å². The molecule has 0 aliphatic heterocycles. The maximum Gasteiger partial charge on any atom is 0.416 e. The fourth-order valence-electron chi connectivity index (χ4n) is 5.06. The lowest BCUT2D eigenvalue weighted by molar-refractivity contribution is -0.140. The standard InChI is InChI=1S/C36H36Cl2F3N3O4S/c1-24-16-18-28(19-17-24)49(47,48)44(27-13-8-12-26(21-27)36(39,40)41)23-33(45)43(22-29-30(37)14-9-15-31(29)38)32(34(46)42-35(2,3)4)20-25-10-6-5-7-11-25/h5-19,21,32H,20,22-23H2,1-4H3,(H,42,46)/t32-/m1/s1. The van der Waals surface area contributed by atoms with Gasteiger partial charge in [0.25, 0.3) is 10.0 Å². The van der Waals surface area contributed by atoms with Crippen molar-refractivity contribution in [3.05, 3.63) is 129 Å². The van der Waals surface area contributed by atoms with Crippen LogP contribution in [0.1, 0.15) is 43.0 Å². The summed E-state index contributed by atoms with van der Waals surface area (Å²) in [6.45, 7) is 5.79. The Morgan fingerprint density at radius 1 is 0.837 bits per heavy atom. The molecular formula is C36H36Cl2F3N3O4S. The number of halogens is 5. The van der Waals surface area contributed by atoms with Gasteiger partial charge in [0.05, 0.1) is 16.1 Å². The van der Waals surface area contributed by atoms with Crippen molar-refractivity contribution >= 4 is 50.7 Å². The first-order chi connectivity index (χ1) is 22.9. The number of rotatable bonds is 11. The molecule has 0 aliphatic rings. The number of sulfonamides is 1. The third-order valence-corrected chi connectivity index (χ3v) is 10.0. The third kappa shape index (κ3) is 9.77. The highest BCUT2D eigenvalue weighted by Crippen LogP contribution is 2.34. The molecule has 13 heteroatoms. The summed E-state index contributed by atoms with van der Waals surface area (Å²) in [7, 11) is -4.62. The molecule has 0 saturated carbocycles. The largest absolute Gasteiger partial charge is 0.416 e. The predicted octanol–water partition coefficient (Wildman–Crippen LogP) is 8.07. The van der Waals surface area contributed by atoms with Crippen LogP contribution < -0.4 is 9.62 Å². The molecule has 0 unspecified atom stereocenters. The number of hydrogen-bond donors (Lipinski definition) is 1. The molecule has 0 spiro atoms. The molecule has 7 nitrogen and oxygen atoms in total. The molecule has 0 saturated heterocycles. The number of alkyl halides is 3. The van der Waals surface area contributed by atoms with Crippen LogP contribution in [0.4, 0.5) is 18.9 Å². The number of nitrogens with one attached hydrogen (secondary N) is 1. The minimum atomic E-state index is -4.79. The van der Waals surface area contributed by atoms with Crippen LogP contribution in [0.25, 0.3) is 0 Å². The van der Waals surface area contributed by atoms with Gasteiger partial charge in [-0.15, -0.1) is 0 Å². The molecule has 4 rings (SSSR count). The third-order valence-electron chi connectivity index (χ3n) is 7.51. The number of anilines is 1. The lowest BCUT2D eigenvalue weighted by Crippen LogP contribution is -2.56. The maximum absolute atomic E-state index is 14.6. The van der Waals surface area contributed by atoms with E-state index >= 15 is 0 Å². The number of benzene rings is 4. The summed E-state index contributed by atoms with van der Waals surface area (Å²) < 4.78 is 70.4. The first-order valence-corrected chi connectivity index (χ1v) is 17.4. The second kappa shape index (κ2) is 15.2. The molecule has 0 heterocycles. The van der Waals surface area contributed by atoms with Gasteiger partial charge < -0.3 is 10.2 Å². The molecule has 0 bridgehead atoms. The van der Waals surface area contributed by atoms with Crippen LogP contribution in [0.15, 0.2) is 102 Å². The Morgan fingerprint density at radius 2 is 1.43 bits per heavy atom. The molecule has 49 heavy (non-hydrogen) atoms. The molecule has 4 aromatic rings. The molecule has 260 valence electrons. The smallest absolute Gasteiger partial charge is 0.350 e. The Bertz CT molecular complexity index is 1880.